The minimum Gasteiger partial charge on any atom is -0.373 e. The van der Waals surface area contributed by atoms with Gasteiger partial charge >= 0.3 is 0 Å². The SMILES string of the molecule is O=C(c1ccc[nH]1)N1CCN(C(=O)c2ccc([C@H]3CCCO3)s2)CC1. The fraction of sp³-hybridized carbons (Fsp3) is 0.444. The Bertz CT molecular complexity index is 741. The third kappa shape index (κ3) is 3.34. The van der Waals surface area contributed by atoms with Crippen molar-refractivity contribution in [1.82, 2.24) is 14.8 Å². The first kappa shape index (κ1) is 16.4. The molecule has 132 valence electrons. The number of thiophene rings is 1. The molecule has 0 aliphatic carbocycles. The molecule has 0 spiro atoms. The van der Waals surface area contributed by atoms with E-state index >= 15 is 0 Å². The Balaban J connectivity index is 1.36. The molecular weight excluding hydrogens is 338 g/mol. The van der Waals surface area contributed by atoms with Gasteiger partial charge in [-0.2, -0.15) is 0 Å². The van der Waals surface area contributed by atoms with Gasteiger partial charge < -0.3 is 19.5 Å². The number of carbonyl (C=O) groups excluding carboxylic acids is 2. The van der Waals surface area contributed by atoms with Gasteiger partial charge in [-0.3, -0.25) is 9.59 Å². The fourth-order valence-corrected chi connectivity index (χ4v) is 4.40. The lowest BCUT2D eigenvalue weighted by Crippen LogP contribution is -2.50. The maximum Gasteiger partial charge on any atom is 0.270 e. The van der Waals surface area contributed by atoms with Crippen LogP contribution in [0.5, 0.6) is 0 Å². The summed E-state index contributed by atoms with van der Waals surface area (Å²) in [6.07, 6.45) is 4.02. The minimum atomic E-state index is -0.00566. The minimum absolute atomic E-state index is 0.00566. The highest BCUT2D eigenvalue weighted by Crippen LogP contribution is 2.33. The van der Waals surface area contributed by atoms with Crippen molar-refractivity contribution in [2.24, 2.45) is 0 Å². The van der Waals surface area contributed by atoms with Crippen LogP contribution in [0.1, 0.15) is 44.0 Å². The topological polar surface area (TPSA) is 65.6 Å². The Kier molecular flexibility index (Phi) is 4.59. The quantitative estimate of drug-likeness (QED) is 0.916. The number of carbonyl (C=O) groups is 2. The van der Waals surface area contributed by atoms with Crippen LogP contribution in [0.3, 0.4) is 0 Å². The van der Waals surface area contributed by atoms with Gasteiger partial charge in [0.15, 0.2) is 0 Å². The number of hydrogen-bond acceptors (Lipinski definition) is 4. The van der Waals surface area contributed by atoms with Crippen LogP contribution in [-0.2, 0) is 4.74 Å². The number of piperazine rings is 1. The maximum atomic E-state index is 12.7. The van der Waals surface area contributed by atoms with E-state index in [0.717, 1.165) is 29.2 Å². The van der Waals surface area contributed by atoms with Crippen molar-refractivity contribution in [3.8, 4) is 0 Å². The molecule has 2 aliphatic rings. The van der Waals surface area contributed by atoms with Crippen LogP contribution in [0.25, 0.3) is 0 Å². The standard InChI is InChI=1S/C18H21N3O3S/c22-17(13-3-1-7-19-13)20-8-10-21(11-9-20)18(23)16-6-5-15(25-16)14-4-2-12-24-14/h1,3,5-7,14,19H,2,4,8-12H2/t14-/m1/s1. The number of amides is 2. The van der Waals surface area contributed by atoms with E-state index < -0.39 is 0 Å². The molecule has 2 aromatic heterocycles. The van der Waals surface area contributed by atoms with Gasteiger partial charge in [0.25, 0.3) is 11.8 Å². The summed E-state index contributed by atoms with van der Waals surface area (Å²) in [5.41, 5.74) is 0.597. The van der Waals surface area contributed by atoms with Gasteiger partial charge in [0.1, 0.15) is 5.69 Å². The van der Waals surface area contributed by atoms with E-state index in [-0.39, 0.29) is 17.9 Å². The van der Waals surface area contributed by atoms with Crippen molar-refractivity contribution in [1.29, 1.82) is 0 Å². The van der Waals surface area contributed by atoms with Crippen LogP contribution in [0, 0.1) is 0 Å². The Labute approximate surface area is 150 Å². The Hall–Kier alpha value is -2.12. The Morgan fingerprint density at radius 1 is 1.08 bits per heavy atom. The van der Waals surface area contributed by atoms with E-state index in [1.54, 1.807) is 17.2 Å². The van der Waals surface area contributed by atoms with Gasteiger partial charge in [-0.15, -0.1) is 11.3 Å². The zero-order valence-corrected chi connectivity index (χ0v) is 14.8. The van der Waals surface area contributed by atoms with Gasteiger partial charge in [0, 0.05) is 43.9 Å². The smallest absolute Gasteiger partial charge is 0.270 e. The lowest BCUT2D eigenvalue weighted by molar-refractivity contribution is 0.0535. The average molecular weight is 359 g/mol. The molecule has 2 fully saturated rings. The first-order chi connectivity index (χ1) is 12.2. The third-order valence-corrected chi connectivity index (χ3v) is 5.93. The predicted molar refractivity (Wildman–Crippen MR) is 94.8 cm³/mol. The van der Waals surface area contributed by atoms with E-state index in [1.165, 1.54) is 11.3 Å². The summed E-state index contributed by atoms with van der Waals surface area (Å²) in [6, 6.07) is 7.51. The number of ether oxygens (including phenoxy) is 1. The largest absolute Gasteiger partial charge is 0.373 e. The van der Waals surface area contributed by atoms with Crippen molar-refractivity contribution < 1.29 is 14.3 Å². The first-order valence-electron chi connectivity index (χ1n) is 8.65. The van der Waals surface area contributed by atoms with Crippen molar-refractivity contribution in [2.75, 3.05) is 32.8 Å². The van der Waals surface area contributed by atoms with E-state index in [0.29, 0.717) is 31.9 Å². The van der Waals surface area contributed by atoms with Crippen LogP contribution in [0.2, 0.25) is 0 Å². The number of nitrogens with one attached hydrogen (secondary N) is 1. The molecule has 4 rings (SSSR count). The predicted octanol–water partition coefficient (Wildman–Crippen LogP) is 2.53. The van der Waals surface area contributed by atoms with Gasteiger partial charge in [-0.1, -0.05) is 0 Å². The summed E-state index contributed by atoms with van der Waals surface area (Å²) in [5, 5.41) is 0. The number of hydrogen-bond donors (Lipinski definition) is 1. The van der Waals surface area contributed by atoms with Crippen LogP contribution in [0.15, 0.2) is 30.5 Å². The number of aromatic amines is 1. The Morgan fingerprint density at radius 2 is 1.84 bits per heavy atom. The average Bonchev–Trinajstić information content (AvgIpc) is 3.42. The second kappa shape index (κ2) is 7.01. The highest BCUT2D eigenvalue weighted by molar-refractivity contribution is 7.14. The third-order valence-electron chi connectivity index (χ3n) is 4.77. The lowest BCUT2D eigenvalue weighted by Gasteiger charge is -2.34. The van der Waals surface area contributed by atoms with Gasteiger partial charge in [0.05, 0.1) is 11.0 Å². The Morgan fingerprint density at radius 3 is 2.48 bits per heavy atom. The number of rotatable bonds is 3. The lowest BCUT2D eigenvalue weighted by atomic mass is 10.2. The van der Waals surface area contributed by atoms with E-state index in [4.69, 9.17) is 4.74 Å². The molecule has 2 amide bonds. The van der Waals surface area contributed by atoms with Crippen LogP contribution in [0.4, 0.5) is 0 Å². The molecule has 0 aromatic carbocycles. The molecule has 4 heterocycles. The first-order valence-corrected chi connectivity index (χ1v) is 9.47. The molecule has 6 nitrogen and oxygen atoms in total. The highest BCUT2D eigenvalue weighted by atomic mass is 32.1. The number of aromatic nitrogens is 1. The summed E-state index contributed by atoms with van der Waals surface area (Å²) in [5.74, 6) is 0.0510. The summed E-state index contributed by atoms with van der Waals surface area (Å²) in [7, 11) is 0. The van der Waals surface area contributed by atoms with Crippen LogP contribution >= 0.6 is 11.3 Å². The molecule has 7 heteroatoms. The second-order valence-electron chi connectivity index (χ2n) is 6.37. The monoisotopic (exact) mass is 359 g/mol. The summed E-state index contributed by atoms with van der Waals surface area (Å²) in [6.45, 7) is 3.07. The summed E-state index contributed by atoms with van der Waals surface area (Å²) < 4.78 is 5.69. The summed E-state index contributed by atoms with van der Waals surface area (Å²) >= 11 is 1.54. The molecule has 25 heavy (non-hydrogen) atoms. The van der Waals surface area contributed by atoms with E-state index in [2.05, 4.69) is 4.98 Å². The molecule has 0 bridgehead atoms. The molecule has 1 atom stereocenters. The second-order valence-corrected chi connectivity index (χ2v) is 7.49. The van der Waals surface area contributed by atoms with Crippen molar-refractivity contribution in [2.45, 2.75) is 18.9 Å². The number of nitrogens with zero attached hydrogens (tertiary/aromatic N) is 2. The van der Waals surface area contributed by atoms with Crippen LogP contribution < -0.4 is 0 Å². The molecule has 2 aromatic rings. The molecule has 1 N–H and O–H groups in total. The highest BCUT2D eigenvalue weighted by Gasteiger charge is 2.27. The number of H-pyrrole nitrogens is 1. The van der Waals surface area contributed by atoms with Gasteiger partial charge in [0.2, 0.25) is 0 Å². The zero-order valence-electron chi connectivity index (χ0n) is 13.9. The van der Waals surface area contributed by atoms with Crippen molar-refractivity contribution >= 4 is 23.2 Å². The van der Waals surface area contributed by atoms with E-state index in [1.807, 2.05) is 23.1 Å². The van der Waals surface area contributed by atoms with E-state index in [9.17, 15) is 9.59 Å². The van der Waals surface area contributed by atoms with Crippen molar-refractivity contribution in [3.05, 3.63) is 45.9 Å². The van der Waals surface area contributed by atoms with Crippen molar-refractivity contribution in [3.63, 3.8) is 0 Å². The normalized spacial score (nSPS) is 20.9. The molecule has 0 radical (unpaired) electrons. The maximum absolute atomic E-state index is 12.7. The molecule has 0 unspecified atom stereocenters. The molecule has 2 saturated heterocycles. The summed E-state index contributed by atoms with van der Waals surface area (Å²) in [4.78, 5) is 33.5. The zero-order chi connectivity index (χ0) is 17.2. The van der Waals surface area contributed by atoms with Gasteiger partial charge in [-0.25, -0.2) is 0 Å². The van der Waals surface area contributed by atoms with Gasteiger partial charge in [-0.05, 0) is 37.1 Å². The fourth-order valence-electron chi connectivity index (χ4n) is 3.35. The molecule has 2 aliphatic heterocycles. The van der Waals surface area contributed by atoms with Crippen LogP contribution in [-0.4, -0.2) is 59.4 Å². The molecule has 0 saturated carbocycles. The molecular formula is C18H21N3O3S.